The van der Waals surface area contributed by atoms with Crippen LogP contribution in [0.25, 0.3) is 0 Å². The SMILES string of the molecule is CCNC(=NCC(C)c1ccccc1)NCCc1nc(C(C)C)no1.I. The molecule has 0 aliphatic carbocycles. The molecule has 6 nitrogen and oxygen atoms in total. The van der Waals surface area contributed by atoms with Crippen molar-refractivity contribution in [1.82, 2.24) is 20.8 Å². The molecule has 1 atom stereocenters. The van der Waals surface area contributed by atoms with Crippen LogP contribution in [0, 0.1) is 0 Å². The number of nitrogens with one attached hydrogen (secondary N) is 2. The van der Waals surface area contributed by atoms with Crippen LogP contribution < -0.4 is 10.6 Å². The molecular weight excluding hydrogens is 441 g/mol. The maximum absolute atomic E-state index is 5.26. The quantitative estimate of drug-likeness (QED) is 0.349. The second kappa shape index (κ2) is 11.9. The van der Waals surface area contributed by atoms with Gasteiger partial charge in [-0.05, 0) is 12.5 Å². The van der Waals surface area contributed by atoms with Crippen molar-refractivity contribution in [3.8, 4) is 0 Å². The normalized spacial score (nSPS) is 12.6. The Balaban J connectivity index is 0.00000338. The van der Waals surface area contributed by atoms with E-state index < -0.39 is 0 Å². The van der Waals surface area contributed by atoms with E-state index in [1.807, 2.05) is 6.07 Å². The lowest BCUT2D eigenvalue weighted by Crippen LogP contribution is -2.38. The first-order valence-electron chi connectivity index (χ1n) is 8.99. The Morgan fingerprint density at radius 2 is 1.88 bits per heavy atom. The number of hydrogen-bond donors (Lipinski definition) is 2. The third kappa shape index (κ3) is 7.31. The first kappa shape index (κ1) is 22.4. The van der Waals surface area contributed by atoms with Crippen molar-refractivity contribution >= 4 is 29.9 Å². The van der Waals surface area contributed by atoms with E-state index in [4.69, 9.17) is 4.52 Å². The molecule has 2 aromatic rings. The predicted molar refractivity (Wildman–Crippen MR) is 116 cm³/mol. The summed E-state index contributed by atoms with van der Waals surface area (Å²) in [6.07, 6.45) is 0.679. The Labute approximate surface area is 173 Å². The second-order valence-electron chi connectivity index (χ2n) is 6.41. The Bertz CT molecular complexity index is 657. The third-order valence-corrected chi connectivity index (χ3v) is 3.87. The van der Waals surface area contributed by atoms with Crippen LogP contribution in [-0.2, 0) is 6.42 Å². The zero-order valence-corrected chi connectivity index (χ0v) is 18.4. The van der Waals surface area contributed by atoms with Gasteiger partial charge in [-0.15, -0.1) is 24.0 Å². The standard InChI is InChI=1S/C19H29N5O.HI/c1-5-20-19(22-13-15(4)16-9-7-6-8-10-16)21-12-11-17-23-18(14(2)3)24-25-17;/h6-10,14-15H,5,11-13H2,1-4H3,(H2,20,21,22);1H. The van der Waals surface area contributed by atoms with Crippen LogP contribution in [0.1, 0.15) is 56.8 Å². The van der Waals surface area contributed by atoms with Crippen LogP contribution >= 0.6 is 24.0 Å². The van der Waals surface area contributed by atoms with Crippen molar-refractivity contribution in [3.63, 3.8) is 0 Å². The lowest BCUT2D eigenvalue weighted by atomic mass is 10.0. The number of guanidine groups is 1. The Morgan fingerprint density at radius 3 is 2.50 bits per heavy atom. The van der Waals surface area contributed by atoms with Crippen molar-refractivity contribution in [1.29, 1.82) is 0 Å². The highest BCUT2D eigenvalue weighted by Crippen LogP contribution is 2.14. The molecule has 0 fully saturated rings. The minimum atomic E-state index is 0. The summed E-state index contributed by atoms with van der Waals surface area (Å²) >= 11 is 0. The molecule has 26 heavy (non-hydrogen) atoms. The molecule has 1 aromatic heterocycles. The molecule has 0 aliphatic rings. The van der Waals surface area contributed by atoms with Crippen molar-refractivity contribution in [3.05, 3.63) is 47.6 Å². The lowest BCUT2D eigenvalue weighted by Gasteiger charge is -2.13. The van der Waals surface area contributed by atoms with Gasteiger partial charge in [-0.25, -0.2) is 0 Å². The van der Waals surface area contributed by atoms with Crippen molar-refractivity contribution in [2.45, 2.75) is 46.0 Å². The molecular formula is C19H30IN5O. The largest absolute Gasteiger partial charge is 0.357 e. The minimum Gasteiger partial charge on any atom is -0.357 e. The fraction of sp³-hybridized carbons (Fsp3) is 0.526. The van der Waals surface area contributed by atoms with Crippen LogP contribution in [-0.4, -0.2) is 35.7 Å². The van der Waals surface area contributed by atoms with Gasteiger partial charge in [-0.2, -0.15) is 4.98 Å². The summed E-state index contributed by atoms with van der Waals surface area (Å²) in [4.78, 5) is 9.07. The average Bonchev–Trinajstić information content (AvgIpc) is 3.09. The summed E-state index contributed by atoms with van der Waals surface area (Å²) in [6.45, 7) is 10.6. The highest BCUT2D eigenvalue weighted by Gasteiger charge is 2.10. The first-order valence-corrected chi connectivity index (χ1v) is 8.99. The van der Waals surface area contributed by atoms with Gasteiger partial charge in [0, 0.05) is 37.9 Å². The number of halogens is 1. The van der Waals surface area contributed by atoms with E-state index in [1.165, 1.54) is 5.56 Å². The number of aliphatic imine (C=N–C) groups is 1. The van der Waals surface area contributed by atoms with Gasteiger partial charge in [0.1, 0.15) is 0 Å². The summed E-state index contributed by atoms with van der Waals surface area (Å²) in [5.74, 6) is 2.89. The van der Waals surface area contributed by atoms with Gasteiger partial charge < -0.3 is 15.2 Å². The monoisotopic (exact) mass is 471 g/mol. The van der Waals surface area contributed by atoms with E-state index in [-0.39, 0.29) is 29.9 Å². The van der Waals surface area contributed by atoms with Crippen LogP contribution in [0.5, 0.6) is 0 Å². The van der Waals surface area contributed by atoms with E-state index in [9.17, 15) is 0 Å². The number of nitrogens with zero attached hydrogens (tertiary/aromatic N) is 3. The molecule has 2 N–H and O–H groups in total. The topological polar surface area (TPSA) is 75.3 Å². The van der Waals surface area contributed by atoms with E-state index >= 15 is 0 Å². The van der Waals surface area contributed by atoms with Gasteiger partial charge in [0.2, 0.25) is 5.89 Å². The van der Waals surface area contributed by atoms with Crippen LogP contribution in [0.15, 0.2) is 39.8 Å². The third-order valence-electron chi connectivity index (χ3n) is 3.87. The average molecular weight is 471 g/mol. The number of rotatable bonds is 8. The van der Waals surface area contributed by atoms with Crippen LogP contribution in [0.4, 0.5) is 0 Å². The molecule has 0 spiro atoms. The highest BCUT2D eigenvalue weighted by atomic mass is 127. The van der Waals surface area contributed by atoms with Gasteiger partial charge in [0.05, 0.1) is 0 Å². The van der Waals surface area contributed by atoms with Crippen molar-refractivity contribution in [2.24, 2.45) is 4.99 Å². The van der Waals surface area contributed by atoms with Gasteiger partial charge in [-0.3, -0.25) is 4.99 Å². The maximum Gasteiger partial charge on any atom is 0.228 e. The molecule has 0 bridgehead atoms. The molecule has 0 aliphatic heterocycles. The Hall–Kier alpha value is -1.64. The van der Waals surface area contributed by atoms with Gasteiger partial charge in [-0.1, -0.05) is 56.3 Å². The van der Waals surface area contributed by atoms with Gasteiger partial charge >= 0.3 is 0 Å². The van der Waals surface area contributed by atoms with Crippen molar-refractivity contribution in [2.75, 3.05) is 19.6 Å². The summed E-state index contributed by atoms with van der Waals surface area (Å²) < 4.78 is 5.26. The van der Waals surface area contributed by atoms with E-state index in [0.29, 0.717) is 24.8 Å². The second-order valence-corrected chi connectivity index (χ2v) is 6.41. The summed E-state index contributed by atoms with van der Waals surface area (Å²) in [5, 5.41) is 10.6. The zero-order valence-electron chi connectivity index (χ0n) is 16.0. The molecule has 1 unspecified atom stereocenters. The van der Waals surface area contributed by atoms with E-state index in [1.54, 1.807) is 0 Å². The predicted octanol–water partition coefficient (Wildman–Crippen LogP) is 3.71. The summed E-state index contributed by atoms with van der Waals surface area (Å²) in [6, 6.07) is 10.4. The van der Waals surface area contributed by atoms with E-state index in [0.717, 1.165) is 24.9 Å². The first-order chi connectivity index (χ1) is 12.1. The molecule has 0 saturated heterocycles. The molecule has 144 valence electrons. The van der Waals surface area contributed by atoms with Gasteiger partial charge in [0.15, 0.2) is 11.8 Å². The molecule has 1 aromatic carbocycles. The summed E-state index contributed by atoms with van der Waals surface area (Å²) in [7, 11) is 0. The minimum absolute atomic E-state index is 0. The van der Waals surface area contributed by atoms with Gasteiger partial charge in [0.25, 0.3) is 0 Å². The Morgan fingerprint density at radius 1 is 1.15 bits per heavy atom. The number of benzene rings is 1. The molecule has 0 amide bonds. The molecule has 0 saturated carbocycles. The zero-order chi connectivity index (χ0) is 18.1. The smallest absolute Gasteiger partial charge is 0.228 e. The fourth-order valence-corrected chi connectivity index (χ4v) is 2.35. The summed E-state index contributed by atoms with van der Waals surface area (Å²) in [5.41, 5.74) is 1.30. The lowest BCUT2D eigenvalue weighted by molar-refractivity contribution is 0.371. The molecule has 7 heteroatoms. The van der Waals surface area contributed by atoms with Crippen molar-refractivity contribution < 1.29 is 4.52 Å². The maximum atomic E-state index is 5.26. The Kier molecular flexibility index (Phi) is 10.2. The van der Waals surface area contributed by atoms with Crippen LogP contribution in [0.3, 0.4) is 0 Å². The number of hydrogen-bond acceptors (Lipinski definition) is 4. The molecule has 0 radical (unpaired) electrons. The highest BCUT2D eigenvalue weighted by molar-refractivity contribution is 14.0. The fourth-order valence-electron chi connectivity index (χ4n) is 2.35. The number of aromatic nitrogens is 2. The van der Waals surface area contributed by atoms with Crippen LogP contribution in [0.2, 0.25) is 0 Å². The molecule has 2 rings (SSSR count). The van der Waals surface area contributed by atoms with E-state index in [2.05, 4.69) is 77.7 Å². The molecule has 1 heterocycles.